The van der Waals surface area contributed by atoms with Crippen molar-refractivity contribution in [2.24, 2.45) is 0 Å². The van der Waals surface area contributed by atoms with Crippen molar-refractivity contribution in [1.29, 1.82) is 0 Å². The molecule has 2 nitrogen and oxygen atoms in total. The highest BCUT2D eigenvalue weighted by molar-refractivity contribution is 5.70. The zero-order valence-electron chi connectivity index (χ0n) is 16.0. The smallest absolute Gasteiger partial charge is 0.127 e. The Morgan fingerprint density at radius 1 is 0.846 bits per heavy atom. The number of ether oxygens (including phenoxy) is 1. The summed E-state index contributed by atoms with van der Waals surface area (Å²) in [6.45, 7) is 8.55. The summed E-state index contributed by atoms with van der Waals surface area (Å²) in [4.78, 5) is 0. The Bertz CT molecular complexity index is 638. The first-order valence-corrected chi connectivity index (χ1v) is 9.95. The van der Waals surface area contributed by atoms with Crippen molar-refractivity contribution in [3.05, 3.63) is 54.6 Å². The third kappa shape index (κ3) is 5.59. The van der Waals surface area contributed by atoms with Gasteiger partial charge in [-0.1, -0.05) is 48.5 Å². The number of para-hydroxylation sites is 1. The van der Waals surface area contributed by atoms with E-state index in [1.165, 1.54) is 67.5 Å². The highest BCUT2D eigenvalue weighted by Gasteiger charge is 2.26. The number of benzene rings is 2. The molecule has 1 aliphatic heterocycles. The van der Waals surface area contributed by atoms with Crippen LogP contribution in [-0.2, 0) is 0 Å². The Morgan fingerprint density at radius 2 is 1.54 bits per heavy atom. The minimum Gasteiger partial charge on any atom is -1.00 e. The summed E-state index contributed by atoms with van der Waals surface area (Å²) < 4.78 is 7.47. The molecule has 26 heavy (non-hydrogen) atoms. The molecule has 0 radical (unpaired) electrons. The molecule has 0 atom stereocenters. The SMILES string of the molecule is CC[N+]1(CCCCOc2ccccc2-c2ccccc2)CCCCC1.[Br-]. The van der Waals surface area contributed by atoms with Crippen LogP contribution in [0.4, 0.5) is 0 Å². The van der Waals surface area contributed by atoms with Crippen LogP contribution in [0.5, 0.6) is 5.75 Å². The van der Waals surface area contributed by atoms with Crippen molar-refractivity contribution >= 4 is 0 Å². The van der Waals surface area contributed by atoms with E-state index in [1.54, 1.807) is 0 Å². The average molecular weight is 418 g/mol. The summed E-state index contributed by atoms with van der Waals surface area (Å²) in [6, 6.07) is 18.9. The van der Waals surface area contributed by atoms with Crippen molar-refractivity contribution in [2.45, 2.75) is 39.0 Å². The number of likely N-dealkylation sites (tertiary alicyclic amines) is 1. The van der Waals surface area contributed by atoms with Crippen molar-refractivity contribution in [3.63, 3.8) is 0 Å². The maximum atomic E-state index is 6.14. The van der Waals surface area contributed by atoms with E-state index in [9.17, 15) is 0 Å². The molecule has 1 fully saturated rings. The van der Waals surface area contributed by atoms with Gasteiger partial charge in [0.1, 0.15) is 5.75 Å². The normalized spacial score (nSPS) is 15.9. The molecule has 0 amide bonds. The lowest BCUT2D eigenvalue weighted by Crippen LogP contribution is -3.00. The van der Waals surface area contributed by atoms with Crippen molar-refractivity contribution < 1.29 is 26.2 Å². The number of hydrogen-bond acceptors (Lipinski definition) is 1. The Labute approximate surface area is 169 Å². The second-order valence-corrected chi connectivity index (χ2v) is 7.31. The highest BCUT2D eigenvalue weighted by Crippen LogP contribution is 2.29. The second-order valence-electron chi connectivity index (χ2n) is 7.31. The Hall–Kier alpha value is -1.32. The fourth-order valence-corrected chi connectivity index (χ4v) is 4.06. The van der Waals surface area contributed by atoms with Gasteiger partial charge in [0.15, 0.2) is 0 Å². The third-order valence-corrected chi connectivity index (χ3v) is 5.69. The Balaban J connectivity index is 0.00000243. The van der Waals surface area contributed by atoms with Gasteiger partial charge in [-0.15, -0.1) is 0 Å². The molecular formula is C23H32BrNO. The van der Waals surface area contributed by atoms with E-state index >= 15 is 0 Å². The van der Waals surface area contributed by atoms with Gasteiger partial charge >= 0.3 is 0 Å². The average Bonchev–Trinajstić information content (AvgIpc) is 2.69. The first-order valence-electron chi connectivity index (χ1n) is 9.95. The maximum Gasteiger partial charge on any atom is 0.127 e. The predicted molar refractivity (Wildman–Crippen MR) is 106 cm³/mol. The van der Waals surface area contributed by atoms with Crippen molar-refractivity contribution in [1.82, 2.24) is 0 Å². The molecule has 2 aromatic rings. The van der Waals surface area contributed by atoms with E-state index in [-0.39, 0.29) is 17.0 Å². The van der Waals surface area contributed by atoms with Crippen LogP contribution in [0.15, 0.2) is 54.6 Å². The van der Waals surface area contributed by atoms with Crippen LogP contribution < -0.4 is 21.7 Å². The summed E-state index contributed by atoms with van der Waals surface area (Å²) in [5.74, 6) is 1.01. The molecule has 0 spiro atoms. The Kier molecular flexibility index (Phi) is 8.67. The standard InChI is InChI=1S/C23H32NO.BrH/c1-2-24(17-9-4-10-18-24)19-11-12-20-25-23-16-8-7-15-22(23)21-13-5-3-6-14-21;/h3,5-8,13-16H,2,4,9-12,17-20H2,1H3;1H/q+1;/p-1. The second kappa shape index (κ2) is 10.7. The fourth-order valence-electron chi connectivity index (χ4n) is 4.06. The number of hydrogen-bond donors (Lipinski definition) is 0. The molecule has 0 unspecified atom stereocenters. The molecule has 0 N–H and O–H groups in total. The lowest BCUT2D eigenvalue weighted by molar-refractivity contribution is -0.931. The Morgan fingerprint density at radius 3 is 2.27 bits per heavy atom. The van der Waals surface area contributed by atoms with Gasteiger partial charge in [-0.05, 0) is 50.7 Å². The topological polar surface area (TPSA) is 9.23 Å². The lowest BCUT2D eigenvalue weighted by atomic mass is 10.0. The summed E-state index contributed by atoms with van der Waals surface area (Å²) in [5, 5.41) is 0. The fraction of sp³-hybridized carbons (Fsp3) is 0.478. The zero-order chi connectivity index (χ0) is 17.4. The lowest BCUT2D eigenvalue weighted by Gasteiger charge is -2.41. The predicted octanol–water partition coefficient (Wildman–Crippen LogP) is 2.54. The molecule has 1 aliphatic rings. The van der Waals surface area contributed by atoms with Gasteiger partial charge in [0.2, 0.25) is 0 Å². The summed E-state index contributed by atoms with van der Waals surface area (Å²) in [7, 11) is 0. The van der Waals surface area contributed by atoms with Crippen LogP contribution in [0, 0.1) is 0 Å². The molecule has 1 heterocycles. The monoisotopic (exact) mass is 417 g/mol. The molecule has 0 bridgehead atoms. The number of piperidine rings is 1. The molecule has 3 heteroatoms. The first kappa shape index (κ1) is 21.0. The first-order chi connectivity index (χ1) is 12.3. The van der Waals surface area contributed by atoms with Crippen LogP contribution in [0.25, 0.3) is 11.1 Å². The van der Waals surface area contributed by atoms with Crippen molar-refractivity contribution in [3.8, 4) is 16.9 Å². The van der Waals surface area contributed by atoms with E-state index < -0.39 is 0 Å². The number of halogens is 1. The van der Waals surface area contributed by atoms with E-state index in [4.69, 9.17) is 4.74 Å². The van der Waals surface area contributed by atoms with Gasteiger partial charge in [0.05, 0.1) is 32.8 Å². The molecular weight excluding hydrogens is 386 g/mol. The van der Waals surface area contributed by atoms with Crippen molar-refractivity contribution in [2.75, 3.05) is 32.8 Å². The van der Waals surface area contributed by atoms with E-state index in [0.29, 0.717) is 0 Å². The quantitative estimate of drug-likeness (QED) is 0.473. The van der Waals surface area contributed by atoms with Gasteiger partial charge in [-0.3, -0.25) is 0 Å². The van der Waals surface area contributed by atoms with Gasteiger partial charge in [0.25, 0.3) is 0 Å². The molecule has 1 saturated heterocycles. The minimum atomic E-state index is 0. The van der Waals surface area contributed by atoms with Crippen LogP contribution >= 0.6 is 0 Å². The van der Waals surface area contributed by atoms with E-state index in [0.717, 1.165) is 18.8 Å². The van der Waals surface area contributed by atoms with Crippen LogP contribution in [0.2, 0.25) is 0 Å². The summed E-state index contributed by atoms with van der Waals surface area (Å²) in [6.07, 6.45) is 6.66. The molecule has 0 saturated carbocycles. The molecule has 142 valence electrons. The molecule has 0 aromatic heterocycles. The van der Waals surface area contributed by atoms with Crippen LogP contribution in [0.1, 0.15) is 39.0 Å². The van der Waals surface area contributed by atoms with E-state index in [1.807, 2.05) is 0 Å². The molecule has 3 rings (SSSR count). The number of quaternary nitrogens is 1. The summed E-state index contributed by atoms with van der Waals surface area (Å²) in [5.41, 5.74) is 2.41. The molecule has 2 aromatic carbocycles. The van der Waals surface area contributed by atoms with Crippen LogP contribution in [0.3, 0.4) is 0 Å². The number of unbranched alkanes of at least 4 members (excludes halogenated alkanes) is 1. The maximum absolute atomic E-state index is 6.14. The molecule has 0 aliphatic carbocycles. The van der Waals surface area contributed by atoms with Gasteiger partial charge < -0.3 is 26.2 Å². The number of nitrogens with zero attached hydrogens (tertiary/aromatic N) is 1. The third-order valence-electron chi connectivity index (χ3n) is 5.69. The van der Waals surface area contributed by atoms with Crippen LogP contribution in [-0.4, -0.2) is 37.3 Å². The number of rotatable bonds is 8. The minimum absolute atomic E-state index is 0. The highest BCUT2D eigenvalue weighted by atomic mass is 79.9. The zero-order valence-corrected chi connectivity index (χ0v) is 17.6. The largest absolute Gasteiger partial charge is 1.00 e. The van der Waals surface area contributed by atoms with Gasteiger partial charge in [-0.2, -0.15) is 0 Å². The van der Waals surface area contributed by atoms with Gasteiger partial charge in [0, 0.05) is 5.56 Å². The van der Waals surface area contributed by atoms with Gasteiger partial charge in [-0.25, -0.2) is 0 Å². The van der Waals surface area contributed by atoms with E-state index in [2.05, 4.69) is 61.5 Å². The summed E-state index contributed by atoms with van der Waals surface area (Å²) >= 11 is 0.